The Kier molecular flexibility index (Phi) is 4.55. The summed E-state index contributed by atoms with van der Waals surface area (Å²) in [5.41, 5.74) is 1.09. The summed E-state index contributed by atoms with van der Waals surface area (Å²) in [6.45, 7) is 0.611. The minimum absolute atomic E-state index is 0.129. The largest absolute Gasteiger partial charge is 0.345 e. The zero-order valence-electron chi connectivity index (χ0n) is 17.9. The highest BCUT2D eigenvalue weighted by atomic mass is 35.5. The van der Waals surface area contributed by atoms with Gasteiger partial charge in [0.05, 0.1) is 27.0 Å². The number of nitrogens with zero attached hydrogens (tertiary/aromatic N) is 6. The molecule has 0 spiro atoms. The van der Waals surface area contributed by atoms with Crippen molar-refractivity contribution >= 4 is 43.8 Å². The van der Waals surface area contributed by atoms with Gasteiger partial charge in [0.25, 0.3) is 5.56 Å². The predicted octanol–water partition coefficient (Wildman–Crippen LogP) is 2.76. The minimum Gasteiger partial charge on any atom is -0.345 e. The van der Waals surface area contributed by atoms with Crippen LogP contribution in [0.15, 0.2) is 64.8 Å². The molecule has 5 heterocycles. The Morgan fingerprint density at radius 2 is 1.94 bits per heavy atom. The van der Waals surface area contributed by atoms with Crippen molar-refractivity contribution in [1.82, 2.24) is 29.1 Å². The fourth-order valence-corrected chi connectivity index (χ4v) is 5.48. The van der Waals surface area contributed by atoms with Gasteiger partial charge >= 0.3 is 0 Å². The van der Waals surface area contributed by atoms with E-state index in [0.29, 0.717) is 46.4 Å². The Morgan fingerprint density at radius 3 is 2.65 bits per heavy atom. The summed E-state index contributed by atoms with van der Waals surface area (Å²) in [6.07, 6.45) is 6.32. The molecule has 0 saturated carbocycles. The fraction of sp³-hybridized carbons (Fsp3) is 0.182. The number of halogens is 1. The van der Waals surface area contributed by atoms with Gasteiger partial charge in [-0.1, -0.05) is 29.8 Å². The predicted molar refractivity (Wildman–Crippen MR) is 128 cm³/mol. The Labute approximate surface area is 198 Å². The molecule has 0 bridgehead atoms. The smallest absolute Gasteiger partial charge is 0.284 e. The molecule has 5 aromatic rings. The highest BCUT2D eigenvalue weighted by Crippen LogP contribution is 2.40. The van der Waals surface area contributed by atoms with Crippen molar-refractivity contribution in [2.24, 2.45) is 0 Å². The van der Waals surface area contributed by atoms with E-state index in [2.05, 4.69) is 15.0 Å². The molecule has 10 nitrogen and oxygen atoms in total. The molecular weight excluding hydrogens is 478 g/mol. The monoisotopic (exact) mass is 495 g/mol. The van der Waals surface area contributed by atoms with Crippen molar-refractivity contribution < 1.29 is 8.42 Å². The van der Waals surface area contributed by atoms with Gasteiger partial charge in [-0.25, -0.2) is 22.9 Å². The first-order valence-corrected chi connectivity index (χ1v) is 12.8. The molecule has 1 aliphatic heterocycles. The molecule has 0 unspecified atom stereocenters. The summed E-state index contributed by atoms with van der Waals surface area (Å²) in [5, 5.41) is 5.50. The Morgan fingerprint density at radius 1 is 1.15 bits per heavy atom. The molecule has 12 heteroatoms. The summed E-state index contributed by atoms with van der Waals surface area (Å²) < 4.78 is 27.9. The van der Waals surface area contributed by atoms with E-state index in [1.165, 1.54) is 17.0 Å². The first-order valence-electron chi connectivity index (χ1n) is 10.5. The van der Waals surface area contributed by atoms with Crippen LogP contribution in [0.25, 0.3) is 22.2 Å². The number of sulfone groups is 1. The van der Waals surface area contributed by atoms with Crippen LogP contribution in [-0.2, 0) is 9.84 Å². The number of fused-ring (bicyclic) bond motifs is 2. The normalized spacial score (nSPS) is 16.3. The average molecular weight is 496 g/mol. The van der Waals surface area contributed by atoms with Gasteiger partial charge in [0.1, 0.15) is 23.3 Å². The molecule has 0 amide bonds. The maximum Gasteiger partial charge on any atom is 0.284 e. The van der Waals surface area contributed by atoms with Crippen LogP contribution in [0.3, 0.4) is 0 Å². The third-order valence-electron chi connectivity index (χ3n) is 6.08. The fourth-order valence-electron chi connectivity index (χ4n) is 4.43. The average Bonchev–Trinajstić information content (AvgIpc) is 3.38. The Hall–Kier alpha value is -3.70. The number of hydrogen-bond donors (Lipinski definition) is 1. The lowest BCUT2D eigenvalue weighted by Crippen LogP contribution is -2.45. The molecule has 1 fully saturated rings. The van der Waals surface area contributed by atoms with Crippen molar-refractivity contribution in [3.05, 3.63) is 76.3 Å². The quantitative estimate of drug-likeness (QED) is 0.407. The second-order valence-corrected chi connectivity index (χ2v) is 10.5. The van der Waals surface area contributed by atoms with Gasteiger partial charge in [0.15, 0.2) is 15.7 Å². The number of aromatic amines is 1. The van der Waals surface area contributed by atoms with Gasteiger partial charge < -0.3 is 9.88 Å². The maximum atomic E-state index is 13.6. The van der Waals surface area contributed by atoms with Crippen LogP contribution in [0.4, 0.5) is 5.82 Å². The van der Waals surface area contributed by atoms with E-state index >= 15 is 0 Å². The van der Waals surface area contributed by atoms with E-state index in [9.17, 15) is 13.2 Å². The van der Waals surface area contributed by atoms with Crippen LogP contribution in [0, 0.1) is 0 Å². The Bertz CT molecular complexity index is 1740. The zero-order chi connectivity index (χ0) is 23.6. The van der Waals surface area contributed by atoms with Crippen LogP contribution in [0.1, 0.15) is 18.3 Å². The van der Waals surface area contributed by atoms with Crippen molar-refractivity contribution in [1.29, 1.82) is 0 Å². The zero-order valence-corrected chi connectivity index (χ0v) is 19.5. The number of nitrogens with one attached hydrogen (secondary N) is 1. The number of aromatic nitrogens is 6. The van der Waals surface area contributed by atoms with Gasteiger partial charge in [-0.3, -0.25) is 9.36 Å². The van der Waals surface area contributed by atoms with Crippen LogP contribution in [0.2, 0.25) is 5.02 Å². The molecular formula is C22H18ClN7O3S. The van der Waals surface area contributed by atoms with Gasteiger partial charge in [0.2, 0.25) is 0 Å². The summed E-state index contributed by atoms with van der Waals surface area (Å²) in [4.78, 5) is 27.2. The number of anilines is 1. The second kappa shape index (κ2) is 7.40. The molecule has 1 N–H and O–H groups in total. The van der Waals surface area contributed by atoms with Crippen LogP contribution in [-0.4, -0.2) is 50.4 Å². The van der Waals surface area contributed by atoms with E-state index in [1.54, 1.807) is 16.8 Å². The molecule has 34 heavy (non-hydrogen) atoms. The van der Waals surface area contributed by atoms with E-state index in [1.807, 2.05) is 35.2 Å². The molecule has 6 rings (SSSR count). The SMILES string of the molecule is CS(=O)(=O)c1c[nH]c2ncnc(N3CC[C@H]3c3nn4ccc(Cl)c4c(=O)n3-c3ccccc3)c12. The number of rotatable bonds is 4. The van der Waals surface area contributed by atoms with Gasteiger partial charge in [-0.05, 0) is 24.6 Å². The van der Waals surface area contributed by atoms with Crippen LogP contribution >= 0.6 is 11.6 Å². The summed E-state index contributed by atoms with van der Waals surface area (Å²) in [7, 11) is -3.52. The first-order chi connectivity index (χ1) is 16.3. The molecule has 0 aliphatic carbocycles. The topological polar surface area (TPSA) is 118 Å². The van der Waals surface area contributed by atoms with E-state index in [-0.39, 0.29) is 22.0 Å². The lowest BCUT2D eigenvalue weighted by Gasteiger charge is -2.42. The molecule has 1 aromatic carbocycles. The summed E-state index contributed by atoms with van der Waals surface area (Å²) in [5.74, 6) is 0.979. The van der Waals surface area contributed by atoms with E-state index in [0.717, 1.165) is 6.26 Å². The van der Waals surface area contributed by atoms with Crippen molar-refractivity contribution in [2.75, 3.05) is 17.7 Å². The minimum atomic E-state index is -3.52. The molecule has 1 saturated heterocycles. The molecule has 0 radical (unpaired) electrons. The van der Waals surface area contributed by atoms with E-state index in [4.69, 9.17) is 16.7 Å². The third kappa shape index (κ3) is 3.04. The highest BCUT2D eigenvalue weighted by Gasteiger charge is 2.37. The maximum absolute atomic E-state index is 13.6. The van der Waals surface area contributed by atoms with Crippen LogP contribution < -0.4 is 10.5 Å². The summed E-state index contributed by atoms with van der Waals surface area (Å²) >= 11 is 6.29. The molecule has 1 atom stereocenters. The molecule has 172 valence electrons. The van der Waals surface area contributed by atoms with Gasteiger partial charge in [-0.2, -0.15) is 5.10 Å². The standard InChI is InChI=1S/C22H18ClN7O3S/c1-34(32,33)16-11-24-19-17(16)21(26-12-25-19)28-9-8-15(28)20-27-29-10-7-14(23)18(29)22(31)30(20)13-5-3-2-4-6-13/h2-7,10-12,15H,8-9H2,1H3,(H,24,25,26)/t15-/m0/s1. The van der Waals surface area contributed by atoms with Gasteiger partial charge in [-0.15, -0.1) is 0 Å². The summed E-state index contributed by atoms with van der Waals surface area (Å²) in [6, 6.07) is 10.5. The number of hydrogen-bond acceptors (Lipinski definition) is 7. The Balaban J connectivity index is 1.58. The number of H-pyrrole nitrogens is 1. The van der Waals surface area contributed by atoms with Crippen LogP contribution in [0.5, 0.6) is 0 Å². The third-order valence-corrected chi connectivity index (χ3v) is 7.51. The van der Waals surface area contributed by atoms with Crippen molar-refractivity contribution in [3.63, 3.8) is 0 Å². The molecule has 1 aliphatic rings. The highest BCUT2D eigenvalue weighted by molar-refractivity contribution is 7.91. The van der Waals surface area contributed by atoms with Crippen molar-refractivity contribution in [2.45, 2.75) is 17.4 Å². The first kappa shape index (κ1) is 20.9. The van der Waals surface area contributed by atoms with Crippen molar-refractivity contribution in [3.8, 4) is 5.69 Å². The lowest BCUT2D eigenvalue weighted by molar-refractivity contribution is 0.424. The van der Waals surface area contributed by atoms with E-state index < -0.39 is 9.84 Å². The number of para-hydroxylation sites is 1. The van der Waals surface area contributed by atoms with Gasteiger partial charge in [0, 0.05) is 25.2 Å². The number of benzene rings is 1. The lowest BCUT2D eigenvalue weighted by atomic mass is 10.0. The molecule has 4 aromatic heterocycles. The second-order valence-electron chi connectivity index (χ2n) is 8.14.